The smallest absolute Gasteiger partial charge is 0.155 e. The summed E-state index contributed by atoms with van der Waals surface area (Å²) in [6.45, 7) is 10.4. The summed E-state index contributed by atoms with van der Waals surface area (Å²) in [5.41, 5.74) is 6.63. The van der Waals surface area contributed by atoms with Crippen LogP contribution in [-0.4, -0.2) is 11.1 Å². The van der Waals surface area contributed by atoms with Crippen molar-refractivity contribution in [2.45, 2.75) is 72.8 Å². The summed E-state index contributed by atoms with van der Waals surface area (Å²) in [4.78, 5) is 0. The van der Waals surface area contributed by atoms with E-state index in [4.69, 9.17) is 0 Å². The lowest BCUT2D eigenvalue weighted by atomic mass is 9.92. The molecule has 0 saturated heterocycles. The van der Waals surface area contributed by atoms with E-state index in [0.29, 0.717) is 6.42 Å². The largest absolute Gasteiger partial charge is 0.628 e. The van der Waals surface area contributed by atoms with Gasteiger partial charge in [-0.15, -0.1) is 0 Å². The van der Waals surface area contributed by atoms with Crippen molar-refractivity contribution in [2.75, 3.05) is 0 Å². The summed E-state index contributed by atoms with van der Waals surface area (Å²) in [5.74, 6) is 0.225. The Hall–Kier alpha value is -2.10. The van der Waals surface area contributed by atoms with Crippen molar-refractivity contribution in [1.29, 1.82) is 0 Å². The summed E-state index contributed by atoms with van der Waals surface area (Å²) in [5, 5.41) is 23.0. The minimum atomic E-state index is -0.454. The lowest BCUT2D eigenvalue weighted by molar-refractivity contribution is -0.800. The van der Waals surface area contributed by atoms with E-state index in [0.717, 1.165) is 42.5 Å². The molecule has 2 unspecified atom stereocenters. The van der Waals surface area contributed by atoms with E-state index in [1.54, 1.807) is 6.92 Å². The standard InChI is InChI=1S/C25H35NO2/c1-18(2)10-8-11-19(3)12-9-13-20(4)16-17-23-22-14-6-7-15-24(22)26(28)21(5)25(23)27/h6-7,10,12,14-16,21,26-27H,8-9,11,13,17H2,1-5H3. The van der Waals surface area contributed by atoms with Crippen LogP contribution in [0.25, 0.3) is 5.57 Å². The molecule has 0 aromatic heterocycles. The van der Waals surface area contributed by atoms with Crippen LogP contribution in [0, 0.1) is 5.21 Å². The number of fused-ring (bicyclic) bond motifs is 1. The van der Waals surface area contributed by atoms with Gasteiger partial charge in [-0.25, -0.2) is 0 Å². The molecule has 2 atom stereocenters. The third-order valence-electron chi connectivity index (χ3n) is 5.41. The molecule has 1 aromatic carbocycles. The quantitative estimate of drug-likeness (QED) is 0.417. The molecule has 28 heavy (non-hydrogen) atoms. The van der Waals surface area contributed by atoms with Crippen molar-refractivity contribution in [3.63, 3.8) is 0 Å². The molecule has 3 nitrogen and oxygen atoms in total. The van der Waals surface area contributed by atoms with Gasteiger partial charge in [0, 0.05) is 17.2 Å². The fourth-order valence-corrected chi connectivity index (χ4v) is 3.55. The van der Waals surface area contributed by atoms with Gasteiger partial charge >= 0.3 is 0 Å². The molecule has 0 fully saturated rings. The first-order valence-corrected chi connectivity index (χ1v) is 10.3. The lowest BCUT2D eigenvalue weighted by Crippen LogP contribution is -3.07. The number of aliphatic hydroxyl groups excluding tert-OH is 1. The third-order valence-corrected chi connectivity index (χ3v) is 5.41. The van der Waals surface area contributed by atoms with Gasteiger partial charge < -0.3 is 15.4 Å². The highest BCUT2D eigenvalue weighted by molar-refractivity contribution is 5.76. The number of rotatable bonds is 8. The van der Waals surface area contributed by atoms with Crippen LogP contribution < -0.4 is 5.06 Å². The van der Waals surface area contributed by atoms with Gasteiger partial charge in [0.2, 0.25) is 0 Å². The van der Waals surface area contributed by atoms with Crippen LogP contribution in [0.5, 0.6) is 0 Å². The van der Waals surface area contributed by atoms with E-state index < -0.39 is 6.04 Å². The minimum Gasteiger partial charge on any atom is -0.628 e. The number of allylic oxidation sites excluding steroid dienone is 7. The summed E-state index contributed by atoms with van der Waals surface area (Å²) in [6, 6.07) is 7.16. The molecule has 0 spiro atoms. The topological polar surface area (TPSA) is 47.7 Å². The average Bonchev–Trinajstić information content (AvgIpc) is 2.66. The summed E-state index contributed by atoms with van der Waals surface area (Å²) in [6.07, 6.45) is 11.8. The Labute approximate surface area is 170 Å². The van der Waals surface area contributed by atoms with Gasteiger partial charge in [0.1, 0.15) is 11.7 Å². The van der Waals surface area contributed by atoms with Gasteiger partial charge in [0.25, 0.3) is 0 Å². The van der Waals surface area contributed by atoms with Crippen molar-refractivity contribution in [2.24, 2.45) is 0 Å². The number of aliphatic hydroxyl groups is 1. The predicted molar refractivity (Wildman–Crippen MR) is 119 cm³/mol. The van der Waals surface area contributed by atoms with Gasteiger partial charge in [-0.2, -0.15) is 0 Å². The second-order valence-electron chi connectivity index (χ2n) is 8.16. The lowest BCUT2D eigenvalue weighted by Gasteiger charge is -2.34. The molecule has 0 bridgehead atoms. The number of hydrogen-bond donors (Lipinski definition) is 2. The van der Waals surface area contributed by atoms with Gasteiger partial charge in [-0.1, -0.05) is 47.1 Å². The maximum atomic E-state index is 12.4. The minimum absolute atomic E-state index is 0.00581. The molecule has 0 saturated carbocycles. The van der Waals surface area contributed by atoms with Crippen molar-refractivity contribution in [1.82, 2.24) is 0 Å². The van der Waals surface area contributed by atoms with Crippen LogP contribution in [0.3, 0.4) is 0 Å². The van der Waals surface area contributed by atoms with Crippen molar-refractivity contribution in [3.05, 3.63) is 75.7 Å². The molecule has 1 heterocycles. The van der Waals surface area contributed by atoms with Crippen LogP contribution >= 0.6 is 0 Å². The van der Waals surface area contributed by atoms with E-state index in [9.17, 15) is 10.3 Å². The average molecular weight is 382 g/mol. The highest BCUT2D eigenvalue weighted by atomic mass is 16.5. The van der Waals surface area contributed by atoms with Crippen LogP contribution in [-0.2, 0) is 0 Å². The second kappa shape index (κ2) is 10.4. The van der Waals surface area contributed by atoms with Gasteiger partial charge in [0.15, 0.2) is 5.76 Å². The van der Waals surface area contributed by atoms with Crippen molar-refractivity contribution < 1.29 is 10.2 Å². The Balaban J connectivity index is 1.98. The highest BCUT2D eigenvalue weighted by Crippen LogP contribution is 2.31. The number of benzene rings is 1. The molecular formula is C25H35NO2. The van der Waals surface area contributed by atoms with Crippen LogP contribution in [0.1, 0.15) is 72.3 Å². The number of para-hydroxylation sites is 1. The Kier molecular flexibility index (Phi) is 8.28. The number of nitrogens with one attached hydrogen (secondary N) is 1. The molecule has 1 aliphatic heterocycles. The first-order valence-electron chi connectivity index (χ1n) is 10.3. The molecule has 3 heteroatoms. The second-order valence-corrected chi connectivity index (χ2v) is 8.16. The fraction of sp³-hybridized carbons (Fsp3) is 0.440. The van der Waals surface area contributed by atoms with E-state index >= 15 is 0 Å². The Bertz CT molecular complexity index is 795. The van der Waals surface area contributed by atoms with E-state index in [2.05, 4.69) is 45.9 Å². The summed E-state index contributed by atoms with van der Waals surface area (Å²) < 4.78 is 0. The summed E-state index contributed by atoms with van der Waals surface area (Å²) >= 11 is 0. The van der Waals surface area contributed by atoms with Gasteiger partial charge in [-0.05, 0) is 72.8 Å². The zero-order chi connectivity index (χ0) is 20.7. The fourth-order valence-electron chi connectivity index (χ4n) is 3.55. The van der Waals surface area contributed by atoms with Crippen molar-refractivity contribution >= 4 is 11.3 Å². The Morgan fingerprint density at radius 3 is 2.29 bits per heavy atom. The molecule has 2 rings (SSSR count). The molecule has 152 valence electrons. The zero-order valence-corrected chi connectivity index (χ0v) is 18.0. The molecular weight excluding hydrogens is 346 g/mol. The maximum Gasteiger partial charge on any atom is 0.155 e. The molecule has 1 aromatic rings. The molecule has 0 radical (unpaired) electrons. The first kappa shape index (κ1) is 22.2. The van der Waals surface area contributed by atoms with Crippen molar-refractivity contribution in [3.8, 4) is 0 Å². The Morgan fingerprint density at radius 1 is 1.00 bits per heavy atom. The molecule has 0 aliphatic carbocycles. The van der Waals surface area contributed by atoms with E-state index in [1.165, 1.54) is 16.7 Å². The zero-order valence-electron chi connectivity index (χ0n) is 18.0. The summed E-state index contributed by atoms with van der Waals surface area (Å²) in [7, 11) is 0. The predicted octanol–water partition coefficient (Wildman–Crippen LogP) is 6.18. The van der Waals surface area contributed by atoms with E-state index in [-0.39, 0.29) is 10.8 Å². The third kappa shape index (κ3) is 5.95. The van der Waals surface area contributed by atoms with E-state index in [1.807, 2.05) is 24.3 Å². The number of hydroxylamine groups is 1. The normalized spacial score (nSPS) is 20.2. The molecule has 1 aliphatic rings. The first-order chi connectivity index (χ1) is 13.3. The van der Waals surface area contributed by atoms with Crippen LogP contribution in [0.2, 0.25) is 0 Å². The van der Waals surface area contributed by atoms with Crippen LogP contribution in [0.4, 0.5) is 5.69 Å². The number of hydrogen-bond acceptors (Lipinski definition) is 2. The number of quaternary nitrogens is 1. The monoisotopic (exact) mass is 381 g/mol. The van der Waals surface area contributed by atoms with Gasteiger partial charge in [-0.3, -0.25) is 0 Å². The SMILES string of the molecule is CC(C)=CCCC(C)=CCCC(C)=CCC1=C(O)C(C)[NH+]([O-])c2ccccc21. The molecule has 2 N–H and O–H groups in total. The maximum absolute atomic E-state index is 12.4. The highest BCUT2D eigenvalue weighted by Gasteiger charge is 2.29. The van der Waals surface area contributed by atoms with Crippen LogP contribution in [0.15, 0.2) is 65.0 Å². The molecule has 0 amide bonds. The van der Waals surface area contributed by atoms with Gasteiger partial charge in [0.05, 0.1) is 0 Å². The Morgan fingerprint density at radius 2 is 1.61 bits per heavy atom.